The zero-order valence-electron chi connectivity index (χ0n) is 17.8. The van der Waals surface area contributed by atoms with Crippen LogP contribution >= 0.6 is 0 Å². The van der Waals surface area contributed by atoms with Gasteiger partial charge < -0.3 is 20.0 Å². The smallest absolute Gasteiger partial charge is 0.320 e. The quantitative estimate of drug-likeness (QED) is 0.326. The highest BCUT2D eigenvalue weighted by Crippen LogP contribution is 2.24. The fraction of sp³-hybridized carbons (Fsp3) is 0.455. The molecule has 3 rings (SSSR count). The van der Waals surface area contributed by atoms with Crippen molar-refractivity contribution in [3.8, 4) is 5.75 Å². The first-order chi connectivity index (χ1) is 14.7. The van der Waals surface area contributed by atoms with Crippen molar-refractivity contribution in [2.45, 2.75) is 26.3 Å². The third-order valence-corrected chi connectivity index (χ3v) is 4.49. The second-order valence-electron chi connectivity index (χ2n) is 6.76. The molecule has 1 aromatic carbocycles. The molecule has 0 spiro atoms. The molecule has 0 saturated heterocycles. The number of hydroxylamine groups is 1. The molecule has 1 aromatic heterocycles. The maximum absolute atomic E-state index is 11.6. The van der Waals surface area contributed by atoms with E-state index in [1.54, 1.807) is 11.7 Å². The van der Waals surface area contributed by atoms with Crippen molar-refractivity contribution in [3.05, 3.63) is 53.7 Å². The molecule has 0 amide bonds. The molecule has 1 aliphatic heterocycles. The van der Waals surface area contributed by atoms with E-state index in [4.69, 9.17) is 14.7 Å². The molecule has 2 aromatic rings. The Kier molecular flexibility index (Phi) is 10.6. The summed E-state index contributed by atoms with van der Waals surface area (Å²) in [6, 6.07) is 12.1. The highest BCUT2D eigenvalue weighted by molar-refractivity contribution is 5.71. The van der Waals surface area contributed by atoms with Crippen LogP contribution in [0.2, 0.25) is 0 Å². The molecule has 0 fully saturated rings. The lowest BCUT2D eigenvalue weighted by molar-refractivity contribution is -0.144. The number of nitrogens with one attached hydrogen (secondary N) is 2. The van der Waals surface area contributed by atoms with Crippen LogP contribution in [0.25, 0.3) is 0 Å². The van der Waals surface area contributed by atoms with Gasteiger partial charge in [0.1, 0.15) is 11.6 Å². The van der Waals surface area contributed by atoms with E-state index < -0.39 is 0 Å². The van der Waals surface area contributed by atoms with E-state index in [9.17, 15) is 4.79 Å². The summed E-state index contributed by atoms with van der Waals surface area (Å²) in [5.41, 5.74) is 4.31. The van der Waals surface area contributed by atoms with E-state index >= 15 is 0 Å². The van der Waals surface area contributed by atoms with Crippen LogP contribution in [-0.2, 0) is 22.5 Å². The largest absolute Gasteiger partial charge is 0.494 e. The number of ether oxygens (including phenoxy) is 2. The van der Waals surface area contributed by atoms with E-state index in [0.29, 0.717) is 19.8 Å². The second kappa shape index (κ2) is 13.5. The first kappa shape index (κ1) is 23.6. The lowest BCUT2D eigenvalue weighted by atomic mass is 9.99. The zero-order valence-corrected chi connectivity index (χ0v) is 17.8. The average molecular weight is 417 g/mol. The summed E-state index contributed by atoms with van der Waals surface area (Å²) in [6.45, 7) is 5.75. The molecule has 8 heteroatoms. The molecule has 3 N–H and O–H groups in total. The molecule has 0 unspecified atom stereocenters. The lowest BCUT2D eigenvalue weighted by Gasteiger charge is -2.28. The van der Waals surface area contributed by atoms with Gasteiger partial charge in [0.05, 0.1) is 19.8 Å². The Bertz CT molecular complexity index is 758. The third-order valence-electron chi connectivity index (χ3n) is 4.49. The van der Waals surface area contributed by atoms with Gasteiger partial charge in [-0.2, -0.15) is 0 Å². The Balaban J connectivity index is 0.00000101. The molecule has 1 aliphatic rings. The molecule has 164 valence electrons. The van der Waals surface area contributed by atoms with Gasteiger partial charge in [-0.15, -0.1) is 0 Å². The minimum absolute atomic E-state index is 0.153. The number of fused-ring (bicyclic) bond motifs is 1. The van der Waals surface area contributed by atoms with Crippen LogP contribution < -0.4 is 15.5 Å². The van der Waals surface area contributed by atoms with Crippen molar-refractivity contribution in [2.75, 3.05) is 45.2 Å². The number of anilines is 1. The van der Waals surface area contributed by atoms with Gasteiger partial charge in [0.25, 0.3) is 0 Å². The molecule has 0 aliphatic carbocycles. The molecule has 0 radical (unpaired) electrons. The molecule has 30 heavy (non-hydrogen) atoms. The van der Waals surface area contributed by atoms with Crippen LogP contribution in [0.1, 0.15) is 24.5 Å². The molecular weight excluding hydrogens is 384 g/mol. The number of rotatable bonds is 9. The van der Waals surface area contributed by atoms with Crippen LogP contribution in [-0.4, -0.2) is 61.0 Å². The topological polar surface area (TPSA) is 96.0 Å². The van der Waals surface area contributed by atoms with Gasteiger partial charge in [0.2, 0.25) is 0 Å². The minimum atomic E-state index is -0.153. The van der Waals surface area contributed by atoms with Gasteiger partial charge in [-0.25, -0.2) is 10.5 Å². The summed E-state index contributed by atoms with van der Waals surface area (Å²) < 4.78 is 10.9. The molecule has 0 bridgehead atoms. The first-order valence-electron chi connectivity index (χ1n) is 10.2. The number of hydrogen-bond acceptors (Lipinski definition) is 8. The van der Waals surface area contributed by atoms with Gasteiger partial charge in [-0.1, -0.05) is 12.1 Å². The van der Waals surface area contributed by atoms with E-state index in [2.05, 4.69) is 27.3 Å². The number of hydrogen-bond donors (Lipinski definition) is 3. The predicted molar refractivity (Wildman–Crippen MR) is 116 cm³/mol. The molecule has 8 nitrogen and oxygen atoms in total. The van der Waals surface area contributed by atoms with Gasteiger partial charge in [0.15, 0.2) is 0 Å². The Morgan fingerprint density at radius 1 is 1.27 bits per heavy atom. The third kappa shape index (κ3) is 8.36. The standard InChI is InChI=1S/C21H27N3O3.CH5NO/c1-2-26-21(25)16-24-12-9-17-14-19(8-7-18(17)15-24)27-13-5-11-23-20-6-3-4-10-22-20;1-2-3/h3-4,6-8,10,14H,2,5,9,11-13,15-16H2,1H3,(H,22,23);2-3H,1H3. The Morgan fingerprint density at radius 2 is 2.10 bits per heavy atom. The number of pyridine rings is 1. The fourth-order valence-corrected chi connectivity index (χ4v) is 3.15. The van der Waals surface area contributed by atoms with E-state index in [-0.39, 0.29) is 5.97 Å². The van der Waals surface area contributed by atoms with Crippen molar-refractivity contribution in [3.63, 3.8) is 0 Å². The highest BCUT2D eigenvalue weighted by Gasteiger charge is 2.19. The number of carbonyl (C=O) groups excluding carboxylic acids is 1. The lowest BCUT2D eigenvalue weighted by Crippen LogP contribution is -2.35. The van der Waals surface area contributed by atoms with Crippen LogP contribution in [0.3, 0.4) is 0 Å². The minimum Gasteiger partial charge on any atom is -0.494 e. The van der Waals surface area contributed by atoms with E-state index in [1.807, 2.05) is 31.2 Å². The van der Waals surface area contributed by atoms with Gasteiger partial charge in [0, 0.05) is 32.9 Å². The summed E-state index contributed by atoms with van der Waals surface area (Å²) in [6.07, 6.45) is 3.61. The van der Waals surface area contributed by atoms with Crippen LogP contribution in [0.15, 0.2) is 42.6 Å². The highest BCUT2D eigenvalue weighted by atomic mass is 16.5. The first-order valence-corrected chi connectivity index (χ1v) is 10.2. The van der Waals surface area contributed by atoms with Crippen molar-refractivity contribution < 1.29 is 19.5 Å². The van der Waals surface area contributed by atoms with E-state index in [0.717, 1.165) is 44.0 Å². The number of esters is 1. The Labute approximate surface area is 178 Å². The maximum atomic E-state index is 11.6. The average Bonchev–Trinajstić information content (AvgIpc) is 2.75. The maximum Gasteiger partial charge on any atom is 0.320 e. The normalized spacial score (nSPS) is 12.9. The monoisotopic (exact) mass is 416 g/mol. The SMILES string of the molecule is CCOC(=O)CN1CCc2cc(OCCCNc3ccccn3)ccc2C1.CNO. The fourth-order valence-electron chi connectivity index (χ4n) is 3.15. The zero-order chi connectivity index (χ0) is 21.6. The second-order valence-corrected chi connectivity index (χ2v) is 6.76. The molecule has 2 heterocycles. The molecule has 0 saturated carbocycles. The van der Waals surface area contributed by atoms with E-state index in [1.165, 1.54) is 18.2 Å². The number of nitrogens with zero attached hydrogens (tertiary/aromatic N) is 2. The van der Waals surface area contributed by atoms with Crippen molar-refractivity contribution in [1.82, 2.24) is 15.4 Å². The van der Waals surface area contributed by atoms with Crippen LogP contribution in [0.5, 0.6) is 5.75 Å². The van der Waals surface area contributed by atoms with Crippen LogP contribution in [0.4, 0.5) is 5.82 Å². The molecular formula is C22H32N4O4. The number of carbonyl (C=O) groups is 1. The van der Waals surface area contributed by atoms with Gasteiger partial charge in [-0.3, -0.25) is 9.69 Å². The Morgan fingerprint density at radius 3 is 2.83 bits per heavy atom. The summed E-state index contributed by atoms with van der Waals surface area (Å²) in [5.74, 6) is 1.64. The Hall–Kier alpha value is -2.68. The summed E-state index contributed by atoms with van der Waals surface area (Å²) >= 11 is 0. The predicted octanol–water partition coefficient (Wildman–Crippen LogP) is 2.48. The summed E-state index contributed by atoms with van der Waals surface area (Å²) in [4.78, 5) is 18.0. The summed E-state index contributed by atoms with van der Waals surface area (Å²) in [5, 5.41) is 10.6. The van der Waals surface area contributed by atoms with Gasteiger partial charge in [-0.05, 0) is 55.2 Å². The van der Waals surface area contributed by atoms with Crippen molar-refractivity contribution in [1.29, 1.82) is 0 Å². The number of benzene rings is 1. The van der Waals surface area contributed by atoms with Crippen molar-refractivity contribution >= 4 is 11.8 Å². The van der Waals surface area contributed by atoms with Gasteiger partial charge >= 0.3 is 5.97 Å². The summed E-state index contributed by atoms with van der Waals surface area (Å²) in [7, 11) is 1.43. The van der Waals surface area contributed by atoms with Crippen LogP contribution in [0, 0.1) is 0 Å². The molecule has 0 atom stereocenters. The van der Waals surface area contributed by atoms with Crippen molar-refractivity contribution in [2.24, 2.45) is 0 Å². The number of aromatic nitrogens is 1.